The lowest BCUT2D eigenvalue weighted by atomic mass is 9.33. The molecule has 2 aliphatic heterocycles. The van der Waals surface area contributed by atoms with Gasteiger partial charge in [0.15, 0.2) is 0 Å². The first-order chi connectivity index (χ1) is 44.0. The zero-order valence-corrected chi connectivity index (χ0v) is 53.5. The van der Waals surface area contributed by atoms with Crippen LogP contribution in [0.25, 0.3) is 99.1 Å². The Morgan fingerprint density at radius 1 is 0.253 bits per heavy atom. The summed E-state index contributed by atoms with van der Waals surface area (Å²) in [5.74, 6) is 0. The summed E-state index contributed by atoms with van der Waals surface area (Å²) in [7, 11) is 0. The zero-order valence-electron chi connectivity index (χ0n) is 53.5. The highest BCUT2D eigenvalue weighted by molar-refractivity contribution is 7.00. The van der Waals surface area contributed by atoms with Gasteiger partial charge in [-0.15, -0.1) is 0 Å². The monoisotopic (exact) mass is 1170 g/mol. The molecule has 0 aromatic heterocycles. The van der Waals surface area contributed by atoms with Gasteiger partial charge < -0.3 is 9.80 Å². The number of hydrogen-bond acceptors (Lipinski definition) is 2. The van der Waals surface area contributed by atoms with Crippen molar-refractivity contribution in [2.75, 3.05) is 9.80 Å². The molecule has 0 saturated carbocycles. The third-order valence-electron chi connectivity index (χ3n) is 19.6. The number of hydrogen-bond donors (Lipinski definition) is 0. The van der Waals surface area contributed by atoms with Crippen molar-refractivity contribution in [3.8, 4) is 66.8 Å². The van der Waals surface area contributed by atoms with Gasteiger partial charge >= 0.3 is 0 Å². The predicted molar refractivity (Wildman–Crippen MR) is 393 cm³/mol. The Hall–Kier alpha value is -10.2. The maximum Gasteiger partial charge on any atom is 0.252 e. The van der Waals surface area contributed by atoms with Crippen molar-refractivity contribution in [1.82, 2.24) is 0 Å². The minimum absolute atomic E-state index is 0.0437. The Morgan fingerprint density at radius 2 is 0.659 bits per heavy atom. The van der Waals surface area contributed by atoms with Crippen molar-refractivity contribution in [1.29, 1.82) is 0 Å². The number of anilines is 6. The van der Waals surface area contributed by atoms with E-state index in [0.717, 1.165) is 22.5 Å². The van der Waals surface area contributed by atoms with Gasteiger partial charge in [0.1, 0.15) is 0 Å². The number of benzene rings is 14. The standard InChI is InChI=1S/C88H73BN2/c1-86(2,3)66-47-63-41-42-64-48-67(87(4,5)6)53-74-73(50-65(49-66)81(63)82(64)74)62-44-46-77-76(51-62)89-75-45-43-61(56-27-15-10-16-28-56)52-78(75)91(85-71(59-33-21-13-22-34-59)39-26-40-72(85)60-35-23-14-24-36-60)80-55-68(88(7,8)9)54-79(83(80)89)90(77)84-69(57-29-17-11-18-30-57)37-25-38-70(84)58-31-19-12-20-32-58/h10-55H,1-9H3. The number of fused-ring (bicyclic) bond motifs is 4. The van der Waals surface area contributed by atoms with E-state index in [2.05, 4.69) is 351 Å². The summed E-state index contributed by atoms with van der Waals surface area (Å²) in [5.41, 5.74) is 28.5. The molecule has 91 heavy (non-hydrogen) atoms. The lowest BCUT2D eigenvalue weighted by Crippen LogP contribution is -2.61. The molecule has 3 heteroatoms. The van der Waals surface area contributed by atoms with Crippen LogP contribution in [0.5, 0.6) is 0 Å². The highest BCUT2D eigenvalue weighted by Crippen LogP contribution is 2.55. The van der Waals surface area contributed by atoms with Crippen molar-refractivity contribution in [2.24, 2.45) is 0 Å². The largest absolute Gasteiger partial charge is 0.310 e. The van der Waals surface area contributed by atoms with Crippen LogP contribution in [0.4, 0.5) is 34.1 Å². The fourth-order valence-electron chi connectivity index (χ4n) is 14.9. The van der Waals surface area contributed by atoms with E-state index >= 15 is 0 Å². The van der Waals surface area contributed by atoms with Gasteiger partial charge in [-0.2, -0.15) is 0 Å². The Kier molecular flexibility index (Phi) is 13.1. The van der Waals surface area contributed by atoms with E-state index in [1.807, 2.05) is 0 Å². The summed E-state index contributed by atoms with van der Waals surface area (Å²) < 4.78 is 0. The SMILES string of the molecule is CC(C)(C)c1cc2c3c(c1)N(c1c(-c4ccccc4)cccc1-c1ccccc1)c1cc(-c4ccccc4)ccc1B3c1cc(-c3cc4cc(C(C)(C)C)cc5ccc6cc(C(C)(C)C)cc3c6c54)ccc1N2c1c(-c2ccccc2)cccc1-c1ccccc1. The summed E-state index contributed by atoms with van der Waals surface area (Å²) in [6.07, 6.45) is 0. The summed E-state index contributed by atoms with van der Waals surface area (Å²) in [6.45, 7) is 21.1. The van der Waals surface area contributed by atoms with E-state index in [-0.39, 0.29) is 23.0 Å². The van der Waals surface area contributed by atoms with Gasteiger partial charge in [-0.1, -0.05) is 305 Å². The molecule has 0 spiro atoms. The third kappa shape index (κ3) is 9.39. The average Bonchev–Trinajstić information content (AvgIpc) is 0.697. The van der Waals surface area contributed by atoms with Crippen LogP contribution in [0, 0.1) is 0 Å². The minimum Gasteiger partial charge on any atom is -0.310 e. The van der Waals surface area contributed by atoms with Gasteiger partial charge in [0.25, 0.3) is 6.71 Å². The van der Waals surface area contributed by atoms with E-state index in [1.54, 1.807) is 0 Å². The summed E-state index contributed by atoms with van der Waals surface area (Å²) in [5, 5.41) is 7.83. The number of para-hydroxylation sites is 2. The fraction of sp³-hybridized carbons (Fsp3) is 0.136. The second kappa shape index (κ2) is 21.2. The normalized spacial score (nSPS) is 13.0. The molecule has 16 rings (SSSR count). The van der Waals surface area contributed by atoms with Gasteiger partial charge in [0, 0.05) is 45.0 Å². The number of nitrogens with zero attached hydrogens (tertiary/aromatic N) is 2. The first-order valence-electron chi connectivity index (χ1n) is 32.4. The molecule has 2 heterocycles. The Labute approximate surface area is 537 Å². The molecular weight excluding hydrogens is 1100 g/mol. The maximum absolute atomic E-state index is 2.69. The van der Waals surface area contributed by atoms with E-state index in [0.29, 0.717) is 0 Å². The highest BCUT2D eigenvalue weighted by Gasteiger charge is 2.46. The van der Waals surface area contributed by atoms with Crippen LogP contribution in [0.15, 0.2) is 279 Å². The fourth-order valence-corrected chi connectivity index (χ4v) is 14.9. The highest BCUT2D eigenvalue weighted by atomic mass is 15.2. The van der Waals surface area contributed by atoms with Gasteiger partial charge in [0.2, 0.25) is 0 Å². The molecule has 14 aromatic carbocycles. The summed E-state index contributed by atoms with van der Waals surface area (Å²) >= 11 is 0. The van der Waals surface area contributed by atoms with Gasteiger partial charge in [-0.25, -0.2) is 0 Å². The van der Waals surface area contributed by atoms with Crippen molar-refractivity contribution in [2.45, 2.75) is 78.6 Å². The first kappa shape index (κ1) is 56.1. The van der Waals surface area contributed by atoms with Crippen LogP contribution < -0.4 is 26.2 Å². The molecule has 2 aliphatic rings. The lowest BCUT2D eigenvalue weighted by molar-refractivity contribution is 0.590. The Bertz CT molecular complexity index is 5030. The summed E-state index contributed by atoms with van der Waals surface area (Å²) in [6, 6.07) is 106. The molecule has 0 amide bonds. The molecule has 0 N–H and O–H groups in total. The van der Waals surface area contributed by atoms with E-state index in [9.17, 15) is 0 Å². The van der Waals surface area contributed by atoms with Gasteiger partial charge in [-0.3, -0.25) is 0 Å². The zero-order chi connectivity index (χ0) is 62.1. The summed E-state index contributed by atoms with van der Waals surface area (Å²) in [4.78, 5) is 5.38. The van der Waals surface area contributed by atoms with Gasteiger partial charge in [-0.05, 0) is 163 Å². The molecule has 0 fully saturated rings. The first-order valence-corrected chi connectivity index (χ1v) is 32.4. The molecule has 14 aromatic rings. The maximum atomic E-state index is 2.69. The van der Waals surface area contributed by atoms with Crippen LogP contribution in [-0.4, -0.2) is 6.71 Å². The van der Waals surface area contributed by atoms with E-state index in [1.165, 1.54) is 144 Å². The topological polar surface area (TPSA) is 6.48 Å². The molecule has 0 unspecified atom stereocenters. The Balaban J connectivity index is 1.08. The molecule has 2 nitrogen and oxygen atoms in total. The molecule has 0 aliphatic carbocycles. The van der Waals surface area contributed by atoms with Crippen LogP contribution in [0.1, 0.15) is 79.0 Å². The van der Waals surface area contributed by atoms with Crippen LogP contribution >= 0.6 is 0 Å². The molecule has 438 valence electrons. The van der Waals surface area contributed by atoms with Crippen molar-refractivity contribution < 1.29 is 0 Å². The van der Waals surface area contributed by atoms with E-state index < -0.39 is 0 Å². The van der Waals surface area contributed by atoms with Crippen LogP contribution in [-0.2, 0) is 16.2 Å². The predicted octanol–water partition coefficient (Wildman–Crippen LogP) is 22.6. The van der Waals surface area contributed by atoms with Crippen LogP contribution in [0.3, 0.4) is 0 Å². The average molecular weight is 1170 g/mol. The van der Waals surface area contributed by atoms with Gasteiger partial charge in [0.05, 0.1) is 11.4 Å². The third-order valence-corrected chi connectivity index (χ3v) is 19.6. The molecule has 0 saturated heterocycles. The lowest BCUT2D eigenvalue weighted by Gasteiger charge is -2.46. The quantitative estimate of drug-likeness (QED) is 0.111. The molecule has 0 radical (unpaired) electrons. The van der Waals surface area contributed by atoms with Crippen molar-refractivity contribution in [3.63, 3.8) is 0 Å². The van der Waals surface area contributed by atoms with Crippen molar-refractivity contribution in [3.05, 3.63) is 296 Å². The van der Waals surface area contributed by atoms with Crippen LogP contribution in [0.2, 0.25) is 0 Å². The second-order valence-electron chi connectivity index (χ2n) is 28.5. The smallest absolute Gasteiger partial charge is 0.252 e. The second-order valence-corrected chi connectivity index (χ2v) is 28.5. The van der Waals surface area contributed by atoms with E-state index in [4.69, 9.17) is 0 Å². The number of rotatable bonds is 8. The molecule has 0 bridgehead atoms. The van der Waals surface area contributed by atoms with Crippen molar-refractivity contribution >= 4 is 89.5 Å². The molecular formula is C88H73BN2. The Morgan fingerprint density at radius 3 is 1.13 bits per heavy atom. The molecule has 0 atom stereocenters. The minimum atomic E-state index is -0.260.